The molecule has 0 amide bonds. The summed E-state index contributed by atoms with van der Waals surface area (Å²) in [7, 11) is 0. The van der Waals surface area contributed by atoms with Crippen LogP contribution in [0.15, 0.2) is 83.0 Å². The van der Waals surface area contributed by atoms with Gasteiger partial charge in [-0.1, -0.05) is 58.7 Å². The zero-order chi connectivity index (χ0) is 23.8. The van der Waals surface area contributed by atoms with Crippen LogP contribution in [-0.4, -0.2) is 15.3 Å². The molecule has 1 aliphatic heterocycles. The normalized spacial score (nSPS) is 16.1. The van der Waals surface area contributed by atoms with Crippen LogP contribution in [0, 0.1) is 12.7 Å². The molecule has 8 heteroatoms. The summed E-state index contributed by atoms with van der Waals surface area (Å²) in [6.45, 7) is 3.97. The highest BCUT2D eigenvalue weighted by molar-refractivity contribution is 7.80. The monoisotopic (exact) mass is 490 g/mol. The molecule has 0 saturated carbocycles. The van der Waals surface area contributed by atoms with E-state index in [4.69, 9.17) is 33.3 Å². The summed E-state index contributed by atoms with van der Waals surface area (Å²) in [4.78, 5) is 6.60. The molecule has 3 aromatic carbocycles. The summed E-state index contributed by atoms with van der Waals surface area (Å²) >= 11 is 11.8. The highest BCUT2D eigenvalue weighted by Gasteiger charge is 2.34. The number of halogens is 2. The van der Waals surface area contributed by atoms with Crippen LogP contribution in [0.4, 0.5) is 10.1 Å². The van der Waals surface area contributed by atoms with Crippen molar-refractivity contribution in [1.82, 2.24) is 15.5 Å². The van der Waals surface area contributed by atoms with Gasteiger partial charge in [0.2, 0.25) is 5.82 Å². The maximum absolute atomic E-state index is 13.6. The molecule has 0 radical (unpaired) electrons. The lowest BCUT2D eigenvalue weighted by molar-refractivity contribution is 0.404. The first-order valence-electron chi connectivity index (χ1n) is 10.6. The lowest BCUT2D eigenvalue weighted by atomic mass is 9.94. The number of anilines is 1. The number of aromatic nitrogens is 2. The Hall–Kier alpha value is -3.55. The average molecular weight is 491 g/mol. The molecule has 1 aliphatic rings. The van der Waals surface area contributed by atoms with E-state index in [0.717, 1.165) is 33.6 Å². The molecule has 1 unspecified atom stereocenters. The second kappa shape index (κ2) is 9.00. The van der Waals surface area contributed by atoms with Gasteiger partial charge in [0, 0.05) is 22.0 Å². The number of hydrogen-bond acceptors (Lipinski definition) is 4. The average Bonchev–Trinajstić information content (AvgIpc) is 3.30. The number of allylic oxidation sites excluding steroid dienone is 1. The number of rotatable bonds is 4. The molecule has 0 saturated heterocycles. The van der Waals surface area contributed by atoms with Crippen LogP contribution in [0.5, 0.6) is 0 Å². The third-order valence-electron chi connectivity index (χ3n) is 5.74. The van der Waals surface area contributed by atoms with Crippen molar-refractivity contribution in [2.24, 2.45) is 0 Å². The van der Waals surface area contributed by atoms with E-state index in [9.17, 15) is 4.39 Å². The van der Waals surface area contributed by atoms with E-state index in [1.165, 1.54) is 12.1 Å². The minimum Gasteiger partial charge on any atom is -0.351 e. The maximum Gasteiger partial charge on any atom is 0.258 e. The first-order chi connectivity index (χ1) is 16.4. The first-order valence-corrected chi connectivity index (χ1v) is 11.4. The molecule has 1 atom stereocenters. The van der Waals surface area contributed by atoms with Crippen molar-refractivity contribution in [3.63, 3.8) is 0 Å². The number of nitrogens with zero attached hydrogens (tertiary/aromatic N) is 3. The second-order valence-corrected chi connectivity index (χ2v) is 8.86. The Labute approximate surface area is 206 Å². The Morgan fingerprint density at radius 2 is 1.65 bits per heavy atom. The minimum absolute atomic E-state index is 0.313. The second-order valence-electron chi connectivity index (χ2n) is 8.03. The molecule has 1 aromatic heterocycles. The molecule has 0 aliphatic carbocycles. The van der Waals surface area contributed by atoms with Gasteiger partial charge < -0.3 is 9.84 Å². The van der Waals surface area contributed by atoms with Gasteiger partial charge >= 0.3 is 0 Å². The van der Waals surface area contributed by atoms with Gasteiger partial charge in [-0.2, -0.15) is 4.98 Å². The van der Waals surface area contributed by atoms with Crippen LogP contribution in [-0.2, 0) is 0 Å². The number of hydrogen-bond donors (Lipinski definition) is 1. The molecule has 5 rings (SSSR count). The van der Waals surface area contributed by atoms with Gasteiger partial charge in [0.25, 0.3) is 5.89 Å². The van der Waals surface area contributed by atoms with E-state index in [1.54, 1.807) is 24.3 Å². The van der Waals surface area contributed by atoms with Crippen LogP contribution < -0.4 is 10.2 Å². The molecule has 2 heterocycles. The summed E-state index contributed by atoms with van der Waals surface area (Å²) in [6.07, 6.45) is 0. The molecule has 0 bridgehead atoms. The smallest absolute Gasteiger partial charge is 0.258 e. The van der Waals surface area contributed by atoms with Crippen molar-refractivity contribution in [2.75, 3.05) is 4.90 Å². The van der Waals surface area contributed by atoms with Crippen molar-refractivity contribution in [2.45, 2.75) is 19.9 Å². The van der Waals surface area contributed by atoms with Crippen molar-refractivity contribution < 1.29 is 8.91 Å². The molecular weight excluding hydrogens is 471 g/mol. The Kier molecular flexibility index (Phi) is 5.89. The summed E-state index contributed by atoms with van der Waals surface area (Å²) in [6, 6.07) is 21.2. The Bertz CT molecular complexity index is 1380. The maximum atomic E-state index is 13.6. The van der Waals surface area contributed by atoms with Gasteiger partial charge in [0.1, 0.15) is 5.82 Å². The van der Waals surface area contributed by atoms with Gasteiger partial charge in [-0.15, -0.1) is 0 Å². The Balaban J connectivity index is 1.64. The van der Waals surface area contributed by atoms with Gasteiger partial charge in [-0.05, 0) is 68.0 Å². The lowest BCUT2D eigenvalue weighted by Gasteiger charge is -2.37. The number of nitrogens with one attached hydrogen (secondary N) is 1. The summed E-state index contributed by atoms with van der Waals surface area (Å²) in [5.74, 6) is 0.530. The topological polar surface area (TPSA) is 54.2 Å². The van der Waals surface area contributed by atoms with Crippen LogP contribution in [0.2, 0.25) is 5.02 Å². The van der Waals surface area contributed by atoms with Gasteiger partial charge in [-0.25, -0.2) is 4.39 Å². The molecule has 0 fully saturated rings. The zero-order valence-electron chi connectivity index (χ0n) is 18.4. The minimum atomic E-state index is -0.400. The molecule has 1 N–H and O–H groups in total. The quantitative estimate of drug-likeness (QED) is 0.321. The van der Waals surface area contributed by atoms with Gasteiger partial charge in [0.15, 0.2) is 5.11 Å². The Morgan fingerprint density at radius 3 is 2.32 bits per heavy atom. The molecule has 0 spiro atoms. The van der Waals surface area contributed by atoms with E-state index in [0.29, 0.717) is 21.9 Å². The molecule has 5 nitrogen and oxygen atoms in total. The fraction of sp³-hybridized carbons (Fsp3) is 0.115. The van der Waals surface area contributed by atoms with Crippen molar-refractivity contribution in [3.8, 4) is 11.4 Å². The van der Waals surface area contributed by atoms with E-state index >= 15 is 0 Å². The standard InChI is InChI=1S/C26H20ClFN4OS/c1-15-3-5-18(6-4-15)24-30-25(33-31-24)22-16(2)32(21-13-9-19(27)10-14-21)26(34)29-23(22)17-7-11-20(28)12-8-17/h3-14,23H,1-2H3,(H,29,34). The molecule has 34 heavy (non-hydrogen) atoms. The van der Waals surface area contributed by atoms with E-state index in [-0.39, 0.29) is 5.82 Å². The molecular formula is C26H20ClFN4OS. The van der Waals surface area contributed by atoms with E-state index in [2.05, 4.69) is 10.5 Å². The fourth-order valence-electron chi connectivity index (χ4n) is 3.98. The van der Waals surface area contributed by atoms with Crippen LogP contribution in [0.3, 0.4) is 0 Å². The lowest BCUT2D eigenvalue weighted by Crippen LogP contribution is -2.46. The predicted molar refractivity (Wildman–Crippen MR) is 136 cm³/mol. The summed E-state index contributed by atoms with van der Waals surface area (Å²) in [5.41, 5.74) is 5.23. The van der Waals surface area contributed by atoms with E-state index in [1.807, 2.05) is 55.1 Å². The third-order valence-corrected chi connectivity index (χ3v) is 6.29. The number of benzene rings is 3. The van der Waals surface area contributed by atoms with E-state index < -0.39 is 6.04 Å². The summed E-state index contributed by atoms with van der Waals surface area (Å²) in [5, 5.41) is 8.71. The van der Waals surface area contributed by atoms with Crippen LogP contribution >= 0.6 is 23.8 Å². The van der Waals surface area contributed by atoms with Crippen molar-refractivity contribution >= 4 is 40.2 Å². The highest BCUT2D eigenvalue weighted by atomic mass is 35.5. The number of aryl methyl sites for hydroxylation is 1. The van der Waals surface area contributed by atoms with Crippen LogP contribution in [0.25, 0.3) is 17.0 Å². The Morgan fingerprint density at radius 1 is 0.971 bits per heavy atom. The zero-order valence-corrected chi connectivity index (χ0v) is 20.0. The van der Waals surface area contributed by atoms with Gasteiger partial charge in [0.05, 0.1) is 11.6 Å². The highest BCUT2D eigenvalue weighted by Crippen LogP contribution is 2.39. The SMILES string of the molecule is CC1=C(c2nc(-c3ccc(C)cc3)no2)C(c2ccc(F)cc2)NC(=S)N1c1ccc(Cl)cc1. The molecule has 170 valence electrons. The van der Waals surface area contributed by atoms with Gasteiger partial charge in [-0.3, -0.25) is 4.90 Å². The van der Waals surface area contributed by atoms with Crippen LogP contribution in [0.1, 0.15) is 30.0 Å². The largest absolute Gasteiger partial charge is 0.351 e. The number of thiocarbonyl (C=S) groups is 1. The van der Waals surface area contributed by atoms with Crippen molar-refractivity contribution in [3.05, 3.63) is 106 Å². The summed E-state index contributed by atoms with van der Waals surface area (Å²) < 4.78 is 19.4. The predicted octanol–water partition coefficient (Wildman–Crippen LogP) is 6.70. The third kappa shape index (κ3) is 4.20. The first kappa shape index (κ1) is 22.3. The fourth-order valence-corrected chi connectivity index (χ4v) is 4.47. The molecule has 4 aromatic rings. The van der Waals surface area contributed by atoms with Crippen molar-refractivity contribution in [1.29, 1.82) is 0 Å².